The van der Waals surface area contributed by atoms with Gasteiger partial charge in [-0.2, -0.15) is 0 Å². The van der Waals surface area contributed by atoms with Crippen molar-refractivity contribution in [2.45, 2.75) is 31.2 Å². The van der Waals surface area contributed by atoms with Crippen LogP contribution in [-0.2, 0) is 11.2 Å². The van der Waals surface area contributed by atoms with E-state index in [1.165, 1.54) is 11.1 Å². The molecule has 0 radical (unpaired) electrons. The predicted octanol–water partition coefficient (Wildman–Crippen LogP) is 4.09. The molecule has 0 fully saturated rings. The van der Waals surface area contributed by atoms with E-state index in [4.69, 9.17) is 21.1 Å². The molecule has 2 atom stereocenters. The minimum atomic E-state index is -0.0351. The number of halogens is 2. The lowest BCUT2D eigenvalue weighted by Crippen LogP contribution is -2.13. The first-order valence-corrected chi connectivity index (χ1v) is 6.98. The van der Waals surface area contributed by atoms with Gasteiger partial charge in [-0.1, -0.05) is 0 Å². The van der Waals surface area contributed by atoms with E-state index in [1.54, 1.807) is 7.11 Å². The van der Waals surface area contributed by atoms with Crippen LogP contribution < -0.4 is 4.74 Å². The SMILES string of the molecule is COc1cc2c(cc1Br)C(C(C)Cl)OCCC2. The number of methoxy groups -OCH3 is 1. The third kappa shape index (κ3) is 2.78. The van der Waals surface area contributed by atoms with Crippen LogP contribution in [0.25, 0.3) is 0 Å². The zero-order valence-corrected chi connectivity index (χ0v) is 12.3. The second-order valence-corrected chi connectivity index (χ2v) is 5.80. The molecule has 94 valence electrons. The van der Waals surface area contributed by atoms with Crippen molar-refractivity contribution in [3.05, 3.63) is 27.7 Å². The van der Waals surface area contributed by atoms with Gasteiger partial charge in [-0.25, -0.2) is 0 Å². The highest BCUT2D eigenvalue weighted by Gasteiger charge is 2.24. The van der Waals surface area contributed by atoms with Crippen molar-refractivity contribution < 1.29 is 9.47 Å². The maximum absolute atomic E-state index is 6.21. The maximum atomic E-state index is 6.21. The Balaban J connectivity index is 2.47. The lowest BCUT2D eigenvalue weighted by Gasteiger charge is -2.21. The molecule has 1 aliphatic rings. The highest BCUT2D eigenvalue weighted by Crippen LogP contribution is 2.37. The third-order valence-corrected chi connectivity index (χ3v) is 3.87. The molecule has 2 nitrogen and oxygen atoms in total. The molecule has 2 rings (SSSR count). The number of aryl methyl sites for hydroxylation is 1. The van der Waals surface area contributed by atoms with Crippen molar-refractivity contribution in [1.82, 2.24) is 0 Å². The summed E-state index contributed by atoms with van der Waals surface area (Å²) in [5, 5.41) is -0.0351. The molecular formula is C13H16BrClO2. The van der Waals surface area contributed by atoms with Crippen LogP contribution in [0.3, 0.4) is 0 Å². The van der Waals surface area contributed by atoms with Crippen molar-refractivity contribution in [3.63, 3.8) is 0 Å². The van der Waals surface area contributed by atoms with Crippen molar-refractivity contribution in [3.8, 4) is 5.75 Å². The summed E-state index contributed by atoms with van der Waals surface area (Å²) in [6, 6.07) is 4.16. The Hall–Kier alpha value is -0.250. The minimum Gasteiger partial charge on any atom is -0.496 e. The molecule has 0 bridgehead atoms. The van der Waals surface area contributed by atoms with Gasteiger partial charge in [0.25, 0.3) is 0 Å². The second kappa shape index (κ2) is 5.59. The van der Waals surface area contributed by atoms with Crippen molar-refractivity contribution in [1.29, 1.82) is 0 Å². The van der Waals surface area contributed by atoms with Crippen LogP contribution in [0.15, 0.2) is 16.6 Å². The predicted molar refractivity (Wildman–Crippen MR) is 73.0 cm³/mol. The van der Waals surface area contributed by atoms with Crippen LogP contribution in [0.1, 0.15) is 30.6 Å². The topological polar surface area (TPSA) is 18.5 Å². The van der Waals surface area contributed by atoms with Crippen molar-refractivity contribution >= 4 is 27.5 Å². The van der Waals surface area contributed by atoms with Gasteiger partial charge in [0.05, 0.1) is 23.1 Å². The summed E-state index contributed by atoms with van der Waals surface area (Å²) in [6.07, 6.45) is 2.01. The summed E-state index contributed by atoms with van der Waals surface area (Å²) in [5.41, 5.74) is 2.46. The Morgan fingerprint density at radius 2 is 2.29 bits per heavy atom. The summed E-state index contributed by atoms with van der Waals surface area (Å²) < 4.78 is 12.1. The highest BCUT2D eigenvalue weighted by atomic mass is 79.9. The van der Waals surface area contributed by atoms with Crippen LogP contribution >= 0.6 is 27.5 Å². The molecule has 4 heteroatoms. The second-order valence-electron chi connectivity index (χ2n) is 4.26. The molecule has 0 aliphatic carbocycles. The largest absolute Gasteiger partial charge is 0.496 e. The van der Waals surface area contributed by atoms with E-state index in [0.29, 0.717) is 0 Å². The number of rotatable bonds is 2. The molecule has 0 saturated heterocycles. The fourth-order valence-corrected chi connectivity index (χ4v) is 2.92. The van der Waals surface area contributed by atoms with E-state index in [9.17, 15) is 0 Å². The van der Waals surface area contributed by atoms with Gasteiger partial charge >= 0.3 is 0 Å². The number of benzene rings is 1. The van der Waals surface area contributed by atoms with Gasteiger partial charge in [-0.3, -0.25) is 0 Å². The lowest BCUT2D eigenvalue weighted by molar-refractivity contribution is 0.0565. The molecule has 0 N–H and O–H groups in total. The normalized spacial score (nSPS) is 21.5. The van der Waals surface area contributed by atoms with Crippen molar-refractivity contribution in [2.24, 2.45) is 0 Å². The van der Waals surface area contributed by atoms with E-state index in [-0.39, 0.29) is 11.5 Å². The monoisotopic (exact) mass is 318 g/mol. The van der Waals surface area contributed by atoms with Gasteiger partial charge < -0.3 is 9.47 Å². The average molecular weight is 320 g/mol. The summed E-state index contributed by atoms with van der Waals surface area (Å²) in [5.74, 6) is 0.867. The minimum absolute atomic E-state index is 0.0311. The first-order chi connectivity index (χ1) is 8.13. The molecule has 1 aromatic rings. The summed E-state index contributed by atoms with van der Waals surface area (Å²) in [7, 11) is 1.68. The Morgan fingerprint density at radius 1 is 1.53 bits per heavy atom. The average Bonchev–Trinajstić information content (AvgIpc) is 2.49. The van der Waals surface area contributed by atoms with Crippen LogP contribution in [-0.4, -0.2) is 19.1 Å². The van der Waals surface area contributed by atoms with Gasteiger partial charge in [0, 0.05) is 6.61 Å². The Morgan fingerprint density at radius 3 is 2.94 bits per heavy atom. The third-order valence-electron chi connectivity index (χ3n) is 3.03. The van der Waals surface area contributed by atoms with Crippen molar-refractivity contribution in [2.75, 3.05) is 13.7 Å². The number of hydrogen-bond donors (Lipinski definition) is 0. The van der Waals surface area contributed by atoms with Gasteiger partial charge in [-0.15, -0.1) is 11.6 Å². The van der Waals surface area contributed by atoms with E-state index < -0.39 is 0 Å². The summed E-state index contributed by atoms with van der Waals surface area (Å²) in [6.45, 7) is 2.73. The van der Waals surface area contributed by atoms with Crippen LogP contribution in [0, 0.1) is 0 Å². The molecule has 0 aromatic heterocycles. The summed E-state index contributed by atoms with van der Waals surface area (Å²) in [4.78, 5) is 0. The maximum Gasteiger partial charge on any atom is 0.133 e. The Bertz CT molecular complexity index is 407. The number of fused-ring (bicyclic) bond motifs is 1. The Labute approximate surface area is 115 Å². The quantitative estimate of drug-likeness (QED) is 0.764. The van der Waals surface area contributed by atoms with E-state index in [0.717, 1.165) is 29.7 Å². The van der Waals surface area contributed by atoms with E-state index in [2.05, 4.69) is 28.1 Å². The molecule has 1 aliphatic heterocycles. The zero-order chi connectivity index (χ0) is 12.4. The fourth-order valence-electron chi connectivity index (χ4n) is 2.19. The molecule has 1 aromatic carbocycles. The number of ether oxygens (including phenoxy) is 2. The standard InChI is InChI=1S/C13H16BrClO2/c1-8(15)13-10-7-11(14)12(16-2)6-9(10)4-3-5-17-13/h6-8,13H,3-5H2,1-2H3. The van der Waals surface area contributed by atoms with Gasteiger partial charge in [0.15, 0.2) is 0 Å². The molecule has 0 saturated carbocycles. The number of alkyl halides is 1. The molecule has 0 amide bonds. The Kier molecular flexibility index (Phi) is 4.34. The summed E-state index contributed by atoms with van der Waals surface area (Å²) >= 11 is 9.73. The lowest BCUT2D eigenvalue weighted by atomic mass is 9.98. The molecule has 17 heavy (non-hydrogen) atoms. The first-order valence-electron chi connectivity index (χ1n) is 5.75. The molecular weight excluding hydrogens is 303 g/mol. The van der Waals surface area contributed by atoms with Gasteiger partial charge in [0.2, 0.25) is 0 Å². The van der Waals surface area contributed by atoms with Crippen LogP contribution in [0.5, 0.6) is 5.75 Å². The van der Waals surface area contributed by atoms with Gasteiger partial charge in [0.1, 0.15) is 5.75 Å². The van der Waals surface area contributed by atoms with Gasteiger partial charge in [-0.05, 0) is 59.0 Å². The fraction of sp³-hybridized carbons (Fsp3) is 0.538. The first kappa shape index (κ1) is 13.2. The smallest absolute Gasteiger partial charge is 0.133 e. The zero-order valence-electron chi connectivity index (χ0n) is 10.0. The molecule has 2 unspecified atom stereocenters. The van der Waals surface area contributed by atoms with Crippen LogP contribution in [0.2, 0.25) is 0 Å². The van der Waals surface area contributed by atoms with E-state index >= 15 is 0 Å². The number of hydrogen-bond acceptors (Lipinski definition) is 2. The molecule has 0 spiro atoms. The molecule has 1 heterocycles. The highest BCUT2D eigenvalue weighted by molar-refractivity contribution is 9.10. The van der Waals surface area contributed by atoms with Crippen LogP contribution in [0.4, 0.5) is 0 Å². The van der Waals surface area contributed by atoms with E-state index in [1.807, 2.05) is 6.92 Å².